The molecule has 0 saturated heterocycles. The molecule has 0 saturated carbocycles. The summed E-state index contributed by atoms with van der Waals surface area (Å²) < 4.78 is 30.7. The third-order valence-corrected chi connectivity index (χ3v) is 4.64. The van der Waals surface area contributed by atoms with E-state index in [1.807, 2.05) is 26.8 Å². The highest BCUT2D eigenvalue weighted by molar-refractivity contribution is 7.98. The first kappa shape index (κ1) is 16.6. The van der Waals surface area contributed by atoms with Crippen molar-refractivity contribution < 1.29 is 13.5 Å². The Morgan fingerprint density at radius 3 is 2.75 bits per heavy atom. The molecule has 0 fully saturated rings. The SMILES string of the molecule is Cc1nc2nc(SCc3cccc(OC(F)F)c3)nn2c(C)c1C. The monoisotopic (exact) mass is 350 g/mol. The zero-order chi connectivity index (χ0) is 17.3. The average molecular weight is 350 g/mol. The fourth-order valence-electron chi connectivity index (χ4n) is 2.26. The lowest BCUT2D eigenvalue weighted by Gasteiger charge is -2.05. The maximum Gasteiger partial charge on any atom is 0.387 e. The van der Waals surface area contributed by atoms with Crippen molar-refractivity contribution in [2.75, 3.05) is 0 Å². The summed E-state index contributed by atoms with van der Waals surface area (Å²) in [6.45, 7) is 3.09. The van der Waals surface area contributed by atoms with Crippen molar-refractivity contribution >= 4 is 17.5 Å². The fourth-order valence-corrected chi connectivity index (χ4v) is 3.02. The smallest absolute Gasteiger partial charge is 0.387 e. The van der Waals surface area contributed by atoms with Crippen LogP contribution in [0.3, 0.4) is 0 Å². The molecule has 0 aliphatic rings. The highest BCUT2D eigenvalue weighted by Crippen LogP contribution is 2.24. The maximum absolute atomic E-state index is 12.3. The Morgan fingerprint density at radius 1 is 1.21 bits per heavy atom. The van der Waals surface area contributed by atoms with Crippen LogP contribution in [0.25, 0.3) is 5.78 Å². The number of hydrogen-bond donors (Lipinski definition) is 0. The van der Waals surface area contributed by atoms with Gasteiger partial charge in [-0.1, -0.05) is 23.9 Å². The van der Waals surface area contributed by atoms with Crippen LogP contribution in [0.2, 0.25) is 0 Å². The normalized spacial score (nSPS) is 11.4. The Kier molecular flexibility index (Phi) is 4.66. The number of aryl methyl sites for hydroxylation is 2. The van der Waals surface area contributed by atoms with Crippen LogP contribution in [0.1, 0.15) is 22.5 Å². The average Bonchev–Trinajstić information content (AvgIpc) is 2.93. The fraction of sp³-hybridized carbons (Fsp3) is 0.312. The lowest BCUT2D eigenvalue weighted by molar-refractivity contribution is -0.0498. The van der Waals surface area contributed by atoms with E-state index in [0.29, 0.717) is 16.7 Å². The highest BCUT2D eigenvalue weighted by atomic mass is 32.2. The zero-order valence-electron chi connectivity index (χ0n) is 13.5. The molecule has 0 atom stereocenters. The molecule has 8 heteroatoms. The first-order chi connectivity index (χ1) is 11.4. The van der Waals surface area contributed by atoms with E-state index in [-0.39, 0.29) is 5.75 Å². The molecular weight excluding hydrogens is 334 g/mol. The summed E-state index contributed by atoms with van der Waals surface area (Å²) in [5.41, 5.74) is 3.87. The zero-order valence-corrected chi connectivity index (χ0v) is 14.3. The van der Waals surface area contributed by atoms with E-state index < -0.39 is 6.61 Å². The number of hydrogen-bond acceptors (Lipinski definition) is 5. The molecule has 0 radical (unpaired) electrons. The molecule has 0 unspecified atom stereocenters. The van der Waals surface area contributed by atoms with Gasteiger partial charge in [0.2, 0.25) is 5.16 Å². The maximum atomic E-state index is 12.3. The summed E-state index contributed by atoms with van der Waals surface area (Å²) >= 11 is 1.42. The number of nitrogens with zero attached hydrogens (tertiary/aromatic N) is 4. The molecule has 3 aromatic rings. The molecule has 0 N–H and O–H groups in total. The Hall–Kier alpha value is -2.22. The molecule has 5 nitrogen and oxygen atoms in total. The van der Waals surface area contributed by atoms with Crippen LogP contribution in [0.4, 0.5) is 8.78 Å². The summed E-state index contributed by atoms with van der Waals surface area (Å²) in [6, 6.07) is 6.62. The molecule has 0 amide bonds. The van der Waals surface area contributed by atoms with E-state index in [1.165, 1.54) is 17.8 Å². The molecular formula is C16H16F2N4OS. The molecule has 0 spiro atoms. The van der Waals surface area contributed by atoms with E-state index in [9.17, 15) is 8.78 Å². The number of rotatable bonds is 5. The standard InChI is InChI=1S/C16H16F2N4OS/c1-9-10(2)19-15-20-16(21-22(15)11(9)3)24-8-12-5-4-6-13(7-12)23-14(17)18/h4-7,14H,8H2,1-3H3. The topological polar surface area (TPSA) is 52.3 Å². The van der Waals surface area contributed by atoms with Gasteiger partial charge >= 0.3 is 6.61 Å². The van der Waals surface area contributed by atoms with Crippen LogP contribution >= 0.6 is 11.8 Å². The predicted octanol–water partition coefficient (Wildman–Crippen LogP) is 3.94. The van der Waals surface area contributed by atoms with Crippen molar-refractivity contribution in [1.29, 1.82) is 0 Å². The molecule has 24 heavy (non-hydrogen) atoms. The molecule has 2 heterocycles. The Balaban J connectivity index is 1.77. The minimum atomic E-state index is -2.83. The van der Waals surface area contributed by atoms with Crippen LogP contribution in [0.5, 0.6) is 5.75 Å². The largest absolute Gasteiger partial charge is 0.435 e. The van der Waals surface area contributed by atoms with Crippen LogP contribution in [-0.2, 0) is 5.75 Å². The third-order valence-electron chi connectivity index (χ3n) is 3.73. The molecule has 2 aromatic heterocycles. The summed E-state index contributed by atoms with van der Waals surface area (Å²) in [6.07, 6.45) is 0. The van der Waals surface area contributed by atoms with Gasteiger partial charge in [-0.15, -0.1) is 5.10 Å². The van der Waals surface area contributed by atoms with Gasteiger partial charge in [-0.3, -0.25) is 0 Å². The van der Waals surface area contributed by atoms with Crippen LogP contribution in [-0.4, -0.2) is 26.2 Å². The molecule has 0 bridgehead atoms. The lowest BCUT2D eigenvalue weighted by Crippen LogP contribution is -2.02. The molecule has 3 rings (SSSR count). The number of benzene rings is 1. The van der Waals surface area contributed by atoms with Gasteiger partial charge in [-0.05, 0) is 44.0 Å². The van der Waals surface area contributed by atoms with E-state index >= 15 is 0 Å². The second kappa shape index (κ2) is 6.72. The Labute approximate surface area is 142 Å². The lowest BCUT2D eigenvalue weighted by atomic mass is 10.2. The first-order valence-electron chi connectivity index (χ1n) is 7.31. The Bertz CT molecular complexity index is 882. The number of thioether (sulfide) groups is 1. The molecule has 126 valence electrons. The highest BCUT2D eigenvalue weighted by Gasteiger charge is 2.11. The van der Waals surface area contributed by atoms with Crippen LogP contribution in [0, 0.1) is 20.8 Å². The second-order valence-electron chi connectivity index (χ2n) is 5.33. The van der Waals surface area contributed by atoms with Crippen LogP contribution in [0.15, 0.2) is 29.4 Å². The molecule has 0 aliphatic carbocycles. The van der Waals surface area contributed by atoms with E-state index in [1.54, 1.807) is 16.6 Å². The van der Waals surface area contributed by atoms with E-state index in [4.69, 9.17) is 0 Å². The second-order valence-corrected chi connectivity index (χ2v) is 6.27. The third kappa shape index (κ3) is 3.48. The Morgan fingerprint density at radius 2 is 2.00 bits per heavy atom. The summed E-state index contributed by atoms with van der Waals surface area (Å²) in [5.74, 6) is 1.26. The number of halogens is 2. The van der Waals surface area contributed by atoms with Gasteiger partial charge in [-0.25, -0.2) is 9.50 Å². The number of fused-ring (bicyclic) bond motifs is 1. The van der Waals surface area contributed by atoms with Gasteiger partial charge < -0.3 is 4.74 Å². The van der Waals surface area contributed by atoms with Crippen LogP contribution < -0.4 is 4.74 Å². The minimum absolute atomic E-state index is 0.148. The van der Waals surface area contributed by atoms with Gasteiger partial charge in [0.05, 0.1) is 0 Å². The summed E-state index contributed by atoms with van der Waals surface area (Å²) in [7, 11) is 0. The number of ether oxygens (including phenoxy) is 1. The van der Waals surface area contributed by atoms with E-state index in [2.05, 4.69) is 19.8 Å². The van der Waals surface area contributed by atoms with Gasteiger partial charge in [0.1, 0.15) is 5.75 Å². The summed E-state index contributed by atoms with van der Waals surface area (Å²) in [5, 5.41) is 5.05. The van der Waals surface area contributed by atoms with Gasteiger partial charge in [-0.2, -0.15) is 13.8 Å². The molecule has 0 aliphatic heterocycles. The van der Waals surface area contributed by atoms with Gasteiger partial charge in [0, 0.05) is 17.1 Å². The van der Waals surface area contributed by atoms with Crippen molar-refractivity contribution in [3.05, 3.63) is 46.8 Å². The first-order valence-corrected chi connectivity index (χ1v) is 8.29. The number of alkyl halides is 2. The van der Waals surface area contributed by atoms with Crippen molar-refractivity contribution in [3.63, 3.8) is 0 Å². The van der Waals surface area contributed by atoms with E-state index in [0.717, 1.165) is 22.5 Å². The van der Waals surface area contributed by atoms with Gasteiger partial charge in [0.25, 0.3) is 5.78 Å². The van der Waals surface area contributed by atoms with Crippen molar-refractivity contribution in [2.45, 2.75) is 38.3 Å². The number of aromatic nitrogens is 4. The minimum Gasteiger partial charge on any atom is -0.435 e. The van der Waals surface area contributed by atoms with Crippen molar-refractivity contribution in [3.8, 4) is 5.75 Å². The van der Waals surface area contributed by atoms with Gasteiger partial charge in [0.15, 0.2) is 0 Å². The quantitative estimate of drug-likeness (QED) is 0.652. The van der Waals surface area contributed by atoms with Crippen molar-refractivity contribution in [1.82, 2.24) is 19.6 Å². The molecule has 1 aromatic carbocycles. The van der Waals surface area contributed by atoms with Crippen molar-refractivity contribution in [2.24, 2.45) is 0 Å². The summed E-state index contributed by atoms with van der Waals surface area (Å²) in [4.78, 5) is 8.84. The predicted molar refractivity (Wildman–Crippen MR) is 87.6 cm³/mol.